The van der Waals surface area contributed by atoms with Gasteiger partial charge in [-0.1, -0.05) is 19.3 Å². The van der Waals surface area contributed by atoms with E-state index in [0.717, 1.165) is 19.4 Å². The van der Waals surface area contributed by atoms with Gasteiger partial charge in [-0.25, -0.2) is 4.79 Å². The molecule has 0 aromatic carbocycles. The minimum atomic E-state index is -0.949. The molecule has 5 heteroatoms. The zero-order valence-corrected chi connectivity index (χ0v) is 12.5. The van der Waals surface area contributed by atoms with Crippen LogP contribution in [-0.4, -0.2) is 46.7 Å². The smallest absolute Gasteiger partial charge is 0.332 e. The second-order valence-corrected chi connectivity index (χ2v) is 6.67. The van der Waals surface area contributed by atoms with E-state index >= 15 is 0 Å². The Hall–Kier alpha value is -1.10. The van der Waals surface area contributed by atoms with Crippen molar-refractivity contribution in [3.05, 3.63) is 0 Å². The van der Waals surface area contributed by atoms with Crippen LogP contribution >= 0.6 is 0 Å². The Morgan fingerprint density at radius 3 is 2.29 bits per heavy atom. The molecule has 3 rings (SSSR count). The van der Waals surface area contributed by atoms with Gasteiger partial charge in [0.05, 0.1) is 0 Å². The molecule has 3 fully saturated rings. The highest BCUT2D eigenvalue weighted by Crippen LogP contribution is 2.35. The van der Waals surface area contributed by atoms with E-state index in [0.29, 0.717) is 24.8 Å². The zero-order valence-electron chi connectivity index (χ0n) is 12.5. The second-order valence-electron chi connectivity index (χ2n) is 6.67. The SMILES string of the molecule is O=C(O)[C@H]1CC[C@@H](C(=O)N2CCCC2C2CCCCC2)O1. The van der Waals surface area contributed by atoms with Gasteiger partial charge >= 0.3 is 5.97 Å². The van der Waals surface area contributed by atoms with Crippen molar-refractivity contribution in [2.24, 2.45) is 5.92 Å². The fraction of sp³-hybridized carbons (Fsp3) is 0.875. The number of likely N-dealkylation sites (tertiary alicyclic amines) is 1. The summed E-state index contributed by atoms with van der Waals surface area (Å²) in [5.41, 5.74) is 0. The fourth-order valence-electron chi connectivity index (χ4n) is 4.26. The van der Waals surface area contributed by atoms with E-state index in [9.17, 15) is 9.59 Å². The number of hydrogen-bond acceptors (Lipinski definition) is 3. The normalized spacial score (nSPS) is 34.3. The van der Waals surface area contributed by atoms with Gasteiger partial charge in [0, 0.05) is 12.6 Å². The van der Waals surface area contributed by atoms with Crippen molar-refractivity contribution in [1.29, 1.82) is 0 Å². The first-order chi connectivity index (χ1) is 10.2. The van der Waals surface area contributed by atoms with Gasteiger partial charge in [0.25, 0.3) is 5.91 Å². The minimum absolute atomic E-state index is 0.0341. The van der Waals surface area contributed by atoms with Crippen LogP contribution in [-0.2, 0) is 14.3 Å². The average molecular weight is 295 g/mol. The highest BCUT2D eigenvalue weighted by Gasteiger charge is 2.41. The summed E-state index contributed by atoms with van der Waals surface area (Å²) in [5, 5.41) is 8.98. The minimum Gasteiger partial charge on any atom is -0.479 e. The molecule has 1 unspecified atom stereocenters. The van der Waals surface area contributed by atoms with E-state index in [1.54, 1.807) is 0 Å². The Morgan fingerprint density at radius 2 is 1.62 bits per heavy atom. The standard InChI is InChI=1S/C16H25NO4/c18-15(13-8-9-14(21-13)16(19)20)17-10-4-7-12(17)11-5-2-1-3-6-11/h11-14H,1-10H2,(H,19,20)/t12?,13-,14+/m0/s1. The first-order valence-electron chi connectivity index (χ1n) is 8.35. The Balaban J connectivity index is 1.62. The Bertz CT molecular complexity index is 405. The number of hydrogen-bond donors (Lipinski definition) is 1. The molecule has 1 amide bonds. The maximum Gasteiger partial charge on any atom is 0.332 e. The van der Waals surface area contributed by atoms with Crippen LogP contribution in [0.25, 0.3) is 0 Å². The van der Waals surface area contributed by atoms with Crippen LogP contribution in [0.5, 0.6) is 0 Å². The molecule has 2 saturated heterocycles. The predicted octanol–water partition coefficient (Wildman–Crippen LogP) is 2.19. The number of amides is 1. The summed E-state index contributed by atoms with van der Waals surface area (Å²) in [5.74, 6) is -0.274. The summed E-state index contributed by atoms with van der Waals surface area (Å²) in [7, 11) is 0. The molecule has 0 spiro atoms. The van der Waals surface area contributed by atoms with Gasteiger partial charge in [-0.05, 0) is 44.4 Å². The molecule has 1 aliphatic carbocycles. The molecule has 5 nitrogen and oxygen atoms in total. The predicted molar refractivity (Wildman–Crippen MR) is 76.8 cm³/mol. The quantitative estimate of drug-likeness (QED) is 0.866. The molecule has 1 N–H and O–H groups in total. The number of carboxylic acid groups (broad SMARTS) is 1. The molecule has 3 aliphatic rings. The van der Waals surface area contributed by atoms with Crippen molar-refractivity contribution < 1.29 is 19.4 Å². The first-order valence-corrected chi connectivity index (χ1v) is 8.35. The molecule has 0 bridgehead atoms. The molecule has 3 atom stereocenters. The van der Waals surface area contributed by atoms with E-state index in [1.165, 1.54) is 32.1 Å². The van der Waals surface area contributed by atoms with Gasteiger partial charge in [0.1, 0.15) is 6.10 Å². The lowest BCUT2D eigenvalue weighted by Gasteiger charge is -2.35. The molecule has 118 valence electrons. The molecular formula is C16H25NO4. The summed E-state index contributed by atoms with van der Waals surface area (Å²) < 4.78 is 5.44. The lowest BCUT2D eigenvalue weighted by molar-refractivity contribution is -0.155. The number of rotatable bonds is 3. The van der Waals surface area contributed by atoms with E-state index in [1.807, 2.05) is 4.90 Å². The largest absolute Gasteiger partial charge is 0.479 e. The number of carbonyl (C=O) groups excluding carboxylic acids is 1. The van der Waals surface area contributed by atoms with Gasteiger partial charge in [-0.15, -0.1) is 0 Å². The molecular weight excluding hydrogens is 270 g/mol. The van der Waals surface area contributed by atoms with E-state index in [4.69, 9.17) is 9.84 Å². The molecule has 2 aliphatic heterocycles. The second kappa shape index (κ2) is 6.34. The number of carbonyl (C=O) groups is 2. The van der Waals surface area contributed by atoms with Crippen LogP contribution in [0.2, 0.25) is 0 Å². The lowest BCUT2D eigenvalue weighted by Crippen LogP contribution is -2.45. The summed E-state index contributed by atoms with van der Waals surface area (Å²) >= 11 is 0. The van der Waals surface area contributed by atoms with Crippen LogP contribution in [0.15, 0.2) is 0 Å². The monoisotopic (exact) mass is 295 g/mol. The summed E-state index contributed by atoms with van der Waals surface area (Å²) in [6.07, 6.45) is 8.20. The van der Waals surface area contributed by atoms with Gasteiger partial charge in [0.15, 0.2) is 6.10 Å². The Kier molecular flexibility index (Phi) is 4.48. The number of carboxylic acids is 1. The third-order valence-electron chi connectivity index (χ3n) is 5.35. The summed E-state index contributed by atoms with van der Waals surface area (Å²) in [6.45, 7) is 0.817. The average Bonchev–Trinajstić information content (AvgIpc) is 3.17. The third kappa shape index (κ3) is 3.07. The first kappa shape index (κ1) is 14.8. The van der Waals surface area contributed by atoms with Crippen molar-refractivity contribution in [1.82, 2.24) is 4.90 Å². The van der Waals surface area contributed by atoms with Crippen LogP contribution in [0.3, 0.4) is 0 Å². The van der Waals surface area contributed by atoms with E-state index in [-0.39, 0.29) is 5.91 Å². The van der Waals surface area contributed by atoms with Gasteiger partial charge < -0.3 is 14.7 Å². The third-order valence-corrected chi connectivity index (χ3v) is 5.35. The van der Waals surface area contributed by atoms with Crippen molar-refractivity contribution in [2.45, 2.75) is 76.0 Å². The number of aliphatic carboxylic acids is 1. The van der Waals surface area contributed by atoms with Gasteiger partial charge in [-0.3, -0.25) is 4.79 Å². The van der Waals surface area contributed by atoms with Crippen molar-refractivity contribution in [3.8, 4) is 0 Å². The van der Waals surface area contributed by atoms with Crippen molar-refractivity contribution in [2.75, 3.05) is 6.54 Å². The maximum atomic E-state index is 12.7. The fourth-order valence-corrected chi connectivity index (χ4v) is 4.26. The molecule has 0 radical (unpaired) electrons. The summed E-state index contributed by atoms with van der Waals surface area (Å²) in [4.78, 5) is 25.6. The Labute approximate surface area is 125 Å². The van der Waals surface area contributed by atoms with Crippen LogP contribution in [0.1, 0.15) is 57.8 Å². The van der Waals surface area contributed by atoms with Crippen LogP contribution in [0, 0.1) is 5.92 Å². The molecule has 0 aromatic rings. The maximum absolute atomic E-state index is 12.7. The molecule has 0 aromatic heterocycles. The zero-order chi connectivity index (χ0) is 14.8. The topological polar surface area (TPSA) is 66.8 Å². The number of nitrogens with zero attached hydrogens (tertiary/aromatic N) is 1. The molecule has 2 heterocycles. The summed E-state index contributed by atoms with van der Waals surface area (Å²) in [6, 6.07) is 0.366. The lowest BCUT2D eigenvalue weighted by atomic mass is 9.83. The van der Waals surface area contributed by atoms with Crippen molar-refractivity contribution >= 4 is 11.9 Å². The van der Waals surface area contributed by atoms with Crippen molar-refractivity contribution in [3.63, 3.8) is 0 Å². The van der Waals surface area contributed by atoms with E-state index in [2.05, 4.69) is 0 Å². The molecule has 1 saturated carbocycles. The highest BCUT2D eigenvalue weighted by molar-refractivity contribution is 5.83. The number of ether oxygens (including phenoxy) is 1. The van der Waals surface area contributed by atoms with Gasteiger partial charge in [-0.2, -0.15) is 0 Å². The Morgan fingerprint density at radius 1 is 0.905 bits per heavy atom. The molecule has 21 heavy (non-hydrogen) atoms. The van der Waals surface area contributed by atoms with Gasteiger partial charge in [0.2, 0.25) is 0 Å². The van der Waals surface area contributed by atoms with Crippen LogP contribution in [0.4, 0.5) is 0 Å². The van der Waals surface area contributed by atoms with E-state index < -0.39 is 18.2 Å². The van der Waals surface area contributed by atoms with Crippen LogP contribution < -0.4 is 0 Å². The highest BCUT2D eigenvalue weighted by atomic mass is 16.5.